The highest BCUT2D eigenvalue weighted by atomic mass is 16.2. The zero-order valence-electron chi connectivity index (χ0n) is 13.3. The monoisotopic (exact) mass is 324 g/mol. The van der Waals surface area contributed by atoms with E-state index in [1.165, 1.54) is 0 Å². The largest absolute Gasteiger partial charge is 0.346 e. The van der Waals surface area contributed by atoms with Crippen molar-refractivity contribution in [1.82, 2.24) is 20.5 Å². The average Bonchev–Trinajstić information content (AvgIpc) is 2.54. The minimum Gasteiger partial charge on any atom is -0.346 e. The van der Waals surface area contributed by atoms with Crippen LogP contribution in [-0.2, 0) is 6.54 Å². The van der Waals surface area contributed by atoms with Crippen LogP contribution < -0.4 is 16.3 Å². The van der Waals surface area contributed by atoms with Gasteiger partial charge in [-0.1, -0.05) is 12.1 Å². The van der Waals surface area contributed by atoms with Crippen molar-refractivity contribution < 1.29 is 4.79 Å². The van der Waals surface area contributed by atoms with E-state index in [4.69, 9.17) is 0 Å². The number of aryl methyl sites for hydroxylation is 2. The van der Waals surface area contributed by atoms with Crippen LogP contribution in [0.25, 0.3) is 10.9 Å². The molecule has 3 aromatic rings. The van der Waals surface area contributed by atoms with E-state index >= 15 is 0 Å². The Kier molecular flexibility index (Phi) is 3.99. The van der Waals surface area contributed by atoms with Gasteiger partial charge < -0.3 is 10.3 Å². The first kappa shape index (κ1) is 15.7. The third kappa shape index (κ3) is 2.83. The van der Waals surface area contributed by atoms with Crippen molar-refractivity contribution in [2.75, 3.05) is 0 Å². The number of benzene rings is 1. The molecule has 7 heteroatoms. The van der Waals surface area contributed by atoms with Gasteiger partial charge in [0, 0.05) is 23.2 Å². The summed E-state index contributed by atoms with van der Waals surface area (Å²) in [5.74, 6) is -0.624. The Bertz CT molecular complexity index is 1050. The van der Waals surface area contributed by atoms with E-state index in [1.54, 1.807) is 38.1 Å². The number of carbonyl (C=O) groups excluding carboxylic acids is 1. The molecule has 1 amide bonds. The van der Waals surface area contributed by atoms with Crippen molar-refractivity contribution in [2.45, 2.75) is 20.4 Å². The summed E-state index contributed by atoms with van der Waals surface area (Å²) in [7, 11) is 0. The number of rotatable bonds is 3. The number of hydrogen-bond acceptors (Lipinski definition) is 4. The molecule has 0 aliphatic carbocycles. The summed E-state index contributed by atoms with van der Waals surface area (Å²) < 4.78 is 0. The van der Waals surface area contributed by atoms with E-state index in [2.05, 4.69) is 20.5 Å². The lowest BCUT2D eigenvalue weighted by molar-refractivity contribution is 0.0944. The molecule has 2 aromatic heterocycles. The van der Waals surface area contributed by atoms with Gasteiger partial charge in [0.2, 0.25) is 5.43 Å². The van der Waals surface area contributed by atoms with E-state index in [-0.39, 0.29) is 17.8 Å². The minimum atomic E-state index is -0.624. The summed E-state index contributed by atoms with van der Waals surface area (Å²) in [5, 5.41) is 9.50. The van der Waals surface area contributed by atoms with Gasteiger partial charge in [0.15, 0.2) is 5.69 Å². The SMILES string of the molecule is Cc1cc(C)c(CNC(=O)c2n[nH]c3ccccc3c2=O)c(=O)[nH]1. The molecule has 0 aliphatic rings. The number of amides is 1. The second-order valence-corrected chi connectivity index (χ2v) is 5.57. The van der Waals surface area contributed by atoms with Gasteiger partial charge in [0.25, 0.3) is 11.5 Å². The van der Waals surface area contributed by atoms with Gasteiger partial charge in [-0.05, 0) is 37.6 Å². The number of fused-ring (bicyclic) bond motifs is 1. The molecule has 0 aliphatic heterocycles. The predicted molar refractivity (Wildman–Crippen MR) is 90.1 cm³/mol. The highest BCUT2D eigenvalue weighted by Gasteiger charge is 2.15. The first-order valence-electron chi connectivity index (χ1n) is 7.42. The van der Waals surface area contributed by atoms with Gasteiger partial charge in [0.1, 0.15) is 0 Å². The Morgan fingerprint density at radius 1 is 1.21 bits per heavy atom. The lowest BCUT2D eigenvalue weighted by atomic mass is 10.1. The molecule has 3 rings (SSSR count). The van der Waals surface area contributed by atoms with Crippen LogP contribution in [0.5, 0.6) is 0 Å². The number of nitrogens with zero attached hydrogens (tertiary/aromatic N) is 1. The summed E-state index contributed by atoms with van der Waals surface area (Å²) in [5.41, 5.74) is 1.60. The number of pyridine rings is 1. The summed E-state index contributed by atoms with van der Waals surface area (Å²) >= 11 is 0. The topological polar surface area (TPSA) is 108 Å². The molecule has 0 unspecified atom stereocenters. The number of para-hydroxylation sites is 1. The van der Waals surface area contributed by atoms with Crippen molar-refractivity contribution in [3.8, 4) is 0 Å². The molecule has 0 fully saturated rings. The third-order valence-electron chi connectivity index (χ3n) is 3.81. The van der Waals surface area contributed by atoms with Gasteiger partial charge in [0.05, 0.1) is 5.52 Å². The second-order valence-electron chi connectivity index (χ2n) is 5.57. The Morgan fingerprint density at radius 2 is 1.96 bits per heavy atom. The van der Waals surface area contributed by atoms with Crippen LogP contribution in [0.4, 0.5) is 0 Å². The van der Waals surface area contributed by atoms with Crippen LogP contribution in [0.15, 0.2) is 39.9 Å². The fraction of sp³-hybridized carbons (Fsp3) is 0.176. The highest BCUT2D eigenvalue weighted by molar-refractivity contribution is 5.95. The van der Waals surface area contributed by atoms with Crippen LogP contribution in [0.1, 0.15) is 27.3 Å². The maximum absolute atomic E-state index is 12.3. The number of hydrogen-bond donors (Lipinski definition) is 3. The van der Waals surface area contributed by atoms with Crippen LogP contribution >= 0.6 is 0 Å². The summed E-state index contributed by atoms with van der Waals surface area (Å²) in [4.78, 5) is 39.3. The standard InChI is InChI=1S/C17H16N4O3/c1-9-7-10(2)19-16(23)12(9)8-18-17(24)14-15(22)11-5-3-4-6-13(11)20-21-14/h3-7H,8H2,1-2H3,(H,18,24)(H,19,23)(H,20,22). The van der Waals surface area contributed by atoms with Crippen LogP contribution in [-0.4, -0.2) is 21.1 Å². The molecular weight excluding hydrogens is 308 g/mol. The molecule has 2 heterocycles. The van der Waals surface area contributed by atoms with E-state index in [1.807, 2.05) is 6.07 Å². The van der Waals surface area contributed by atoms with Gasteiger partial charge in [-0.2, -0.15) is 5.10 Å². The lowest BCUT2D eigenvalue weighted by Crippen LogP contribution is -2.32. The van der Waals surface area contributed by atoms with Crippen molar-refractivity contribution in [1.29, 1.82) is 0 Å². The number of aromatic nitrogens is 3. The van der Waals surface area contributed by atoms with Gasteiger partial charge in [-0.3, -0.25) is 19.5 Å². The lowest BCUT2D eigenvalue weighted by Gasteiger charge is -2.08. The molecule has 0 saturated carbocycles. The van der Waals surface area contributed by atoms with Gasteiger partial charge >= 0.3 is 0 Å². The Hall–Kier alpha value is -3.22. The van der Waals surface area contributed by atoms with Crippen LogP contribution in [0.2, 0.25) is 0 Å². The summed E-state index contributed by atoms with van der Waals surface area (Å²) in [6.45, 7) is 3.61. The van der Waals surface area contributed by atoms with Crippen molar-refractivity contribution in [2.24, 2.45) is 0 Å². The first-order chi connectivity index (χ1) is 11.5. The van der Waals surface area contributed by atoms with E-state index in [0.29, 0.717) is 16.5 Å². The molecule has 0 bridgehead atoms. The van der Waals surface area contributed by atoms with E-state index < -0.39 is 11.3 Å². The number of nitrogens with one attached hydrogen (secondary N) is 3. The molecule has 3 N–H and O–H groups in total. The van der Waals surface area contributed by atoms with Crippen molar-refractivity contribution >= 4 is 16.8 Å². The zero-order valence-corrected chi connectivity index (χ0v) is 13.3. The molecule has 7 nitrogen and oxygen atoms in total. The fourth-order valence-corrected chi connectivity index (χ4v) is 2.58. The first-order valence-corrected chi connectivity index (χ1v) is 7.42. The predicted octanol–water partition coefficient (Wildman–Crippen LogP) is 1.16. The minimum absolute atomic E-state index is 0.0221. The second kappa shape index (κ2) is 6.11. The average molecular weight is 324 g/mol. The smallest absolute Gasteiger partial charge is 0.276 e. The summed E-state index contributed by atoms with van der Waals surface area (Å²) in [6, 6.07) is 8.65. The molecular formula is C17H16N4O3. The zero-order chi connectivity index (χ0) is 17.3. The Morgan fingerprint density at radius 3 is 2.71 bits per heavy atom. The summed E-state index contributed by atoms with van der Waals surface area (Å²) in [6.07, 6.45) is 0. The maximum atomic E-state index is 12.3. The molecule has 0 radical (unpaired) electrons. The number of H-pyrrole nitrogens is 2. The number of carbonyl (C=O) groups is 1. The molecule has 0 atom stereocenters. The number of aromatic amines is 2. The molecule has 122 valence electrons. The van der Waals surface area contributed by atoms with Crippen LogP contribution in [0, 0.1) is 13.8 Å². The van der Waals surface area contributed by atoms with Crippen LogP contribution in [0.3, 0.4) is 0 Å². The normalized spacial score (nSPS) is 10.8. The molecule has 0 spiro atoms. The highest BCUT2D eigenvalue weighted by Crippen LogP contribution is 2.06. The third-order valence-corrected chi connectivity index (χ3v) is 3.81. The molecule has 0 saturated heterocycles. The quantitative estimate of drug-likeness (QED) is 0.672. The van der Waals surface area contributed by atoms with Gasteiger partial charge in [-0.25, -0.2) is 0 Å². The van der Waals surface area contributed by atoms with Gasteiger partial charge in [-0.15, -0.1) is 0 Å². The maximum Gasteiger partial charge on any atom is 0.276 e. The Labute approximate surface area is 136 Å². The van der Waals surface area contributed by atoms with Crippen molar-refractivity contribution in [3.05, 3.63) is 73.4 Å². The van der Waals surface area contributed by atoms with Crippen molar-refractivity contribution in [3.63, 3.8) is 0 Å². The van der Waals surface area contributed by atoms with E-state index in [0.717, 1.165) is 11.3 Å². The van der Waals surface area contributed by atoms with E-state index in [9.17, 15) is 14.4 Å². The Balaban J connectivity index is 1.88. The fourth-order valence-electron chi connectivity index (χ4n) is 2.58. The molecule has 24 heavy (non-hydrogen) atoms. The molecule has 1 aromatic carbocycles.